The fourth-order valence-corrected chi connectivity index (χ4v) is 4.23. The molecule has 0 saturated carbocycles. The van der Waals surface area contributed by atoms with E-state index in [1.165, 1.54) is 18.4 Å². The standard InChI is InChI=1S/C24H26ClNO3/c1-3-5-7-16-8-10-18(11-9-16)26-14-20-23-19(13-21(25)24(20)28-15-26)17(6-4-2)12-22(27)29-23/h8-13H,3-7,14-15H2,1-2H3. The average Bonchev–Trinajstić information content (AvgIpc) is 2.73. The molecular formula is C24H26ClNO3. The number of rotatable bonds is 6. The van der Waals surface area contributed by atoms with E-state index in [4.69, 9.17) is 20.8 Å². The molecule has 29 heavy (non-hydrogen) atoms. The van der Waals surface area contributed by atoms with Gasteiger partial charge in [0.25, 0.3) is 0 Å². The van der Waals surface area contributed by atoms with Crippen LogP contribution in [-0.2, 0) is 19.4 Å². The number of aryl methyl sites for hydroxylation is 2. The number of nitrogens with zero attached hydrogens (tertiary/aromatic N) is 1. The summed E-state index contributed by atoms with van der Waals surface area (Å²) < 4.78 is 11.6. The first-order chi connectivity index (χ1) is 14.1. The van der Waals surface area contributed by atoms with Crippen LogP contribution in [0.1, 0.15) is 49.8 Å². The maximum Gasteiger partial charge on any atom is 0.336 e. The van der Waals surface area contributed by atoms with Gasteiger partial charge >= 0.3 is 5.63 Å². The van der Waals surface area contributed by atoms with Gasteiger partial charge in [0.1, 0.15) is 11.3 Å². The van der Waals surface area contributed by atoms with E-state index in [2.05, 4.69) is 43.0 Å². The Bertz CT molecular complexity index is 1070. The van der Waals surface area contributed by atoms with Crippen molar-refractivity contribution in [3.63, 3.8) is 0 Å². The Hall–Kier alpha value is -2.46. The maximum atomic E-state index is 12.2. The molecule has 0 saturated heterocycles. The van der Waals surface area contributed by atoms with E-state index in [0.717, 1.165) is 41.5 Å². The van der Waals surface area contributed by atoms with Crippen molar-refractivity contribution in [3.8, 4) is 5.75 Å². The lowest BCUT2D eigenvalue weighted by molar-refractivity contribution is 0.289. The van der Waals surface area contributed by atoms with Crippen molar-refractivity contribution in [1.82, 2.24) is 0 Å². The Labute approximate surface area is 176 Å². The highest BCUT2D eigenvalue weighted by Crippen LogP contribution is 2.40. The summed E-state index contributed by atoms with van der Waals surface area (Å²) >= 11 is 6.53. The minimum absolute atomic E-state index is 0.331. The predicted molar refractivity (Wildman–Crippen MR) is 118 cm³/mol. The van der Waals surface area contributed by atoms with Gasteiger partial charge in [-0.05, 0) is 48.6 Å². The fraction of sp³-hybridized carbons (Fsp3) is 0.375. The maximum absolute atomic E-state index is 12.2. The van der Waals surface area contributed by atoms with Crippen LogP contribution in [0.3, 0.4) is 0 Å². The molecule has 0 radical (unpaired) electrons. The Morgan fingerprint density at radius 1 is 1.07 bits per heavy atom. The molecule has 2 aromatic carbocycles. The number of halogens is 1. The SMILES string of the molecule is CCCCc1ccc(N2COc3c(Cl)cc4c(CCC)cc(=O)oc4c3C2)cc1. The van der Waals surface area contributed by atoms with Gasteiger partial charge < -0.3 is 14.1 Å². The summed E-state index contributed by atoms with van der Waals surface area (Å²) in [6.07, 6.45) is 5.24. The van der Waals surface area contributed by atoms with Gasteiger partial charge in [-0.1, -0.05) is 50.4 Å². The van der Waals surface area contributed by atoms with Gasteiger partial charge in [-0.15, -0.1) is 0 Å². The van der Waals surface area contributed by atoms with E-state index in [1.807, 2.05) is 6.07 Å². The topological polar surface area (TPSA) is 42.7 Å². The zero-order valence-electron chi connectivity index (χ0n) is 17.0. The highest BCUT2D eigenvalue weighted by Gasteiger charge is 2.25. The van der Waals surface area contributed by atoms with Gasteiger partial charge in [0.15, 0.2) is 6.73 Å². The van der Waals surface area contributed by atoms with Crippen LogP contribution < -0.4 is 15.3 Å². The molecule has 1 aliphatic heterocycles. The Morgan fingerprint density at radius 3 is 2.59 bits per heavy atom. The van der Waals surface area contributed by atoms with E-state index in [0.29, 0.717) is 29.6 Å². The number of hydrogen-bond donors (Lipinski definition) is 0. The van der Waals surface area contributed by atoms with Crippen LogP contribution in [0.4, 0.5) is 5.69 Å². The first-order valence-corrected chi connectivity index (χ1v) is 10.7. The summed E-state index contributed by atoms with van der Waals surface area (Å²) in [6.45, 7) is 5.29. The lowest BCUT2D eigenvalue weighted by Gasteiger charge is -2.31. The van der Waals surface area contributed by atoms with Crippen molar-refractivity contribution in [2.24, 2.45) is 0 Å². The quantitative estimate of drug-likeness (QED) is 0.460. The molecule has 3 aromatic rings. The number of ether oxygens (including phenoxy) is 1. The lowest BCUT2D eigenvalue weighted by Crippen LogP contribution is -2.32. The van der Waals surface area contributed by atoms with Gasteiger partial charge in [0.2, 0.25) is 0 Å². The zero-order chi connectivity index (χ0) is 20.4. The number of anilines is 1. The molecule has 0 spiro atoms. The van der Waals surface area contributed by atoms with E-state index in [1.54, 1.807) is 6.07 Å². The van der Waals surface area contributed by atoms with Crippen molar-refractivity contribution in [1.29, 1.82) is 0 Å². The molecule has 4 nitrogen and oxygen atoms in total. The third-order valence-corrected chi connectivity index (χ3v) is 5.76. The largest absolute Gasteiger partial charge is 0.471 e. The van der Waals surface area contributed by atoms with Crippen molar-refractivity contribution >= 4 is 28.3 Å². The van der Waals surface area contributed by atoms with Crippen molar-refractivity contribution < 1.29 is 9.15 Å². The highest BCUT2D eigenvalue weighted by molar-refractivity contribution is 6.33. The molecular weight excluding hydrogens is 386 g/mol. The molecule has 0 unspecified atom stereocenters. The van der Waals surface area contributed by atoms with E-state index >= 15 is 0 Å². The first kappa shape index (κ1) is 19.8. The van der Waals surface area contributed by atoms with Crippen LogP contribution in [0.25, 0.3) is 11.0 Å². The third-order valence-electron chi connectivity index (χ3n) is 5.47. The van der Waals surface area contributed by atoms with Gasteiger partial charge in [0, 0.05) is 17.1 Å². The first-order valence-electron chi connectivity index (χ1n) is 10.4. The smallest absolute Gasteiger partial charge is 0.336 e. The molecule has 4 rings (SSSR count). The Kier molecular flexibility index (Phi) is 5.81. The highest BCUT2D eigenvalue weighted by atomic mass is 35.5. The fourth-order valence-electron chi connectivity index (χ4n) is 3.95. The number of hydrogen-bond acceptors (Lipinski definition) is 4. The lowest BCUT2D eigenvalue weighted by atomic mass is 10.0. The van der Waals surface area contributed by atoms with Crippen LogP contribution in [-0.4, -0.2) is 6.73 Å². The van der Waals surface area contributed by atoms with Crippen LogP contribution in [0.5, 0.6) is 5.75 Å². The van der Waals surface area contributed by atoms with E-state index < -0.39 is 0 Å². The van der Waals surface area contributed by atoms with Crippen molar-refractivity contribution in [2.75, 3.05) is 11.6 Å². The molecule has 0 bridgehead atoms. The summed E-state index contributed by atoms with van der Waals surface area (Å²) in [5.41, 5.74) is 4.49. The number of benzene rings is 2. The Balaban J connectivity index is 1.72. The average molecular weight is 412 g/mol. The summed E-state index contributed by atoms with van der Waals surface area (Å²) in [6, 6.07) is 12.1. The van der Waals surface area contributed by atoms with Crippen LogP contribution in [0.2, 0.25) is 5.02 Å². The van der Waals surface area contributed by atoms with E-state index in [9.17, 15) is 4.79 Å². The van der Waals surface area contributed by atoms with Crippen molar-refractivity contribution in [3.05, 3.63) is 68.5 Å². The van der Waals surface area contributed by atoms with Gasteiger partial charge in [-0.3, -0.25) is 0 Å². The van der Waals surface area contributed by atoms with Gasteiger partial charge in [0.05, 0.1) is 17.1 Å². The Morgan fingerprint density at radius 2 is 1.86 bits per heavy atom. The van der Waals surface area contributed by atoms with E-state index in [-0.39, 0.29) is 5.63 Å². The molecule has 0 aliphatic carbocycles. The monoisotopic (exact) mass is 411 g/mol. The summed E-state index contributed by atoms with van der Waals surface area (Å²) in [5, 5.41) is 1.46. The second-order valence-corrected chi connectivity index (χ2v) is 8.03. The van der Waals surface area contributed by atoms with Crippen LogP contribution >= 0.6 is 11.6 Å². The van der Waals surface area contributed by atoms with Gasteiger partial charge in [-0.2, -0.15) is 0 Å². The number of fused-ring (bicyclic) bond motifs is 3. The normalized spacial score (nSPS) is 13.4. The second-order valence-electron chi connectivity index (χ2n) is 7.62. The molecule has 152 valence electrons. The minimum atomic E-state index is -0.331. The molecule has 1 aliphatic rings. The number of unbranched alkanes of at least 4 members (excludes halogenated alkanes) is 1. The summed E-state index contributed by atoms with van der Waals surface area (Å²) in [7, 11) is 0. The minimum Gasteiger partial charge on any atom is -0.471 e. The molecule has 0 fully saturated rings. The van der Waals surface area contributed by atoms with Crippen LogP contribution in [0, 0.1) is 0 Å². The molecule has 1 aromatic heterocycles. The molecule has 5 heteroatoms. The molecule has 0 N–H and O–H groups in total. The second kappa shape index (κ2) is 8.50. The molecule has 0 atom stereocenters. The predicted octanol–water partition coefficient (Wildman–Crippen LogP) is 6.10. The summed E-state index contributed by atoms with van der Waals surface area (Å²) in [5.74, 6) is 0.617. The van der Waals surface area contributed by atoms with Gasteiger partial charge in [-0.25, -0.2) is 4.79 Å². The van der Waals surface area contributed by atoms with Crippen LogP contribution in [0.15, 0.2) is 45.6 Å². The van der Waals surface area contributed by atoms with Crippen molar-refractivity contribution in [2.45, 2.75) is 52.5 Å². The third kappa shape index (κ3) is 3.99. The summed E-state index contributed by atoms with van der Waals surface area (Å²) in [4.78, 5) is 14.3. The molecule has 0 amide bonds. The molecule has 2 heterocycles. The zero-order valence-corrected chi connectivity index (χ0v) is 17.7.